The highest BCUT2D eigenvalue weighted by atomic mass is 32.2. The van der Waals surface area contributed by atoms with Gasteiger partial charge < -0.3 is 0 Å². The zero-order chi connectivity index (χ0) is 21.8. The fourth-order valence-electron chi connectivity index (χ4n) is 2.67. The molecular weight excluding hydrogens is 438 g/mol. The van der Waals surface area contributed by atoms with Gasteiger partial charge in [0.05, 0.1) is 36.9 Å². The van der Waals surface area contributed by atoms with Crippen LogP contribution in [0.3, 0.4) is 0 Å². The molecule has 9 nitrogen and oxygen atoms in total. The number of hydrazone groups is 1. The maximum absolute atomic E-state index is 11.6. The van der Waals surface area contributed by atoms with Gasteiger partial charge in [-0.25, -0.2) is 4.98 Å². The van der Waals surface area contributed by atoms with Crippen molar-refractivity contribution in [2.75, 3.05) is 5.43 Å². The van der Waals surface area contributed by atoms with Gasteiger partial charge in [0.15, 0.2) is 4.34 Å². The second-order valence-electron chi connectivity index (χ2n) is 6.21. The summed E-state index contributed by atoms with van der Waals surface area (Å²) in [6.45, 7) is 0. The summed E-state index contributed by atoms with van der Waals surface area (Å²) in [5.74, 6) is 0. The van der Waals surface area contributed by atoms with Crippen LogP contribution in [-0.4, -0.2) is 21.0 Å². The number of nitrogens with one attached hydrogen (secondary N) is 1. The number of hydrogen-bond acceptors (Lipinski definition) is 9. The molecule has 0 saturated carbocycles. The van der Waals surface area contributed by atoms with E-state index in [0.29, 0.717) is 16.1 Å². The number of fused-ring (bicyclic) bond motifs is 1. The molecule has 154 valence electrons. The highest BCUT2D eigenvalue weighted by Crippen LogP contribution is 2.38. The van der Waals surface area contributed by atoms with Crippen molar-refractivity contribution in [2.45, 2.75) is 9.24 Å². The Morgan fingerprint density at radius 3 is 2.48 bits per heavy atom. The van der Waals surface area contributed by atoms with Crippen LogP contribution in [0.2, 0.25) is 0 Å². The van der Waals surface area contributed by atoms with Crippen LogP contribution in [0, 0.1) is 20.2 Å². The van der Waals surface area contributed by atoms with Crippen LogP contribution in [0.25, 0.3) is 10.2 Å². The molecule has 0 fully saturated rings. The van der Waals surface area contributed by atoms with E-state index in [1.807, 2.05) is 24.3 Å². The van der Waals surface area contributed by atoms with Gasteiger partial charge in [-0.1, -0.05) is 30.0 Å². The second kappa shape index (κ2) is 8.90. The van der Waals surface area contributed by atoms with E-state index in [4.69, 9.17) is 0 Å². The fourth-order valence-corrected chi connectivity index (χ4v) is 4.78. The lowest BCUT2D eigenvalue weighted by Gasteiger charge is -2.02. The molecule has 0 saturated heterocycles. The van der Waals surface area contributed by atoms with Crippen molar-refractivity contribution in [3.63, 3.8) is 0 Å². The second-order valence-corrected chi connectivity index (χ2v) is 8.53. The third kappa shape index (κ3) is 4.85. The summed E-state index contributed by atoms with van der Waals surface area (Å²) in [6.07, 6.45) is 1.44. The number of hydrogen-bond donors (Lipinski definition) is 1. The Labute approximate surface area is 183 Å². The summed E-state index contributed by atoms with van der Waals surface area (Å²) in [6, 6.07) is 18.3. The van der Waals surface area contributed by atoms with Crippen LogP contribution >= 0.6 is 23.1 Å². The fraction of sp³-hybridized carbons (Fsp3) is 0. The molecule has 11 heteroatoms. The van der Waals surface area contributed by atoms with Crippen LogP contribution in [0.15, 0.2) is 81.1 Å². The van der Waals surface area contributed by atoms with E-state index in [1.54, 1.807) is 12.1 Å². The van der Waals surface area contributed by atoms with E-state index >= 15 is 0 Å². The van der Waals surface area contributed by atoms with E-state index in [-0.39, 0.29) is 11.4 Å². The molecule has 31 heavy (non-hydrogen) atoms. The van der Waals surface area contributed by atoms with Crippen molar-refractivity contribution in [1.82, 2.24) is 4.98 Å². The maximum atomic E-state index is 11.6. The smallest absolute Gasteiger partial charge is 0.278 e. The van der Waals surface area contributed by atoms with Gasteiger partial charge in [0, 0.05) is 23.8 Å². The average molecular weight is 451 g/mol. The van der Waals surface area contributed by atoms with Crippen molar-refractivity contribution in [2.24, 2.45) is 5.10 Å². The number of nitro benzene ring substituents is 2. The molecule has 0 radical (unpaired) electrons. The normalized spacial score (nSPS) is 11.1. The van der Waals surface area contributed by atoms with Crippen molar-refractivity contribution in [3.8, 4) is 0 Å². The molecule has 1 heterocycles. The minimum atomic E-state index is -0.486. The van der Waals surface area contributed by atoms with E-state index < -0.39 is 9.85 Å². The molecule has 0 spiro atoms. The van der Waals surface area contributed by atoms with Crippen molar-refractivity contribution < 1.29 is 9.85 Å². The van der Waals surface area contributed by atoms with Gasteiger partial charge in [-0.05, 0) is 30.3 Å². The topological polar surface area (TPSA) is 124 Å². The monoisotopic (exact) mass is 451 g/mol. The summed E-state index contributed by atoms with van der Waals surface area (Å²) < 4.78 is 1.75. The van der Waals surface area contributed by atoms with Gasteiger partial charge in [0.1, 0.15) is 0 Å². The summed E-state index contributed by atoms with van der Waals surface area (Å²) in [5.41, 5.74) is 4.63. The van der Waals surface area contributed by atoms with Crippen LogP contribution in [0.1, 0.15) is 5.56 Å². The van der Waals surface area contributed by atoms with Crippen LogP contribution in [-0.2, 0) is 0 Å². The lowest BCUT2D eigenvalue weighted by atomic mass is 10.2. The molecule has 0 bridgehead atoms. The standard InChI is InChI=1S/C20H13N5O4S2/c26-24(27)15-8-6-14(7-9-15)23-21-12-13-5-10-19(17(11-13)25(28)29)31-20-22-16-3-1-2-4-18(16)30-20/h1-12,23H/b21-12-. The van der Waals surface area contributed by atoms with E-state index in [1.165, 1.54) is 59.6 Å². The van der Waals surface area contributed by atoms with Gasteiger partial charge in [0.25, 0.3) is 11.4 Å². The Kier molecular flexibility index (Phi) is 5.87. The summed E-state index contributed by atoms with van der Waals surface area (Å²) in [4.78, 5) is 26.3. The molecule has 4 rings (SSSR count). The quantitative estimate of drug-likeness (QED) is 0.217. The molecule has 0 aliphatic heterocycles. The average Bonchev–Trinajstić information content (AvgIpc) is 3.17. The molecule has 1 aromatic heterocycles. The number of rotatable bonds is 7. The number of thiazole rings is 1. The molecule has 0 atom stereocenters. The van der Waals surface area contributed by atoms with E-state index in [0.717, 1.165) is 14.6 Å². The first kappa shape index (κ1) is 20.4. The zero-order valence-corrected chi connectivity index (χ0v) is 17.3. The highest BCUT2D eigenvalue weighted by Gasteiger charge is 2.17. The van der Waals surface area contributed by atoms with Crippen molar-refractivity contribution >= 4 is 56.6 Å². The van der Waals surface area contributed by atoms with Gasteiger partial charge in [-0.2, -0.15) is 5.10 Å². The number of anilines is 1. The van der Waals surface area contributed by atoms with Crippen LogP contribution < -0.4 is 5.43 Å². The number of aromatic nitrogens is 1. The molecule has 0 aliphatic rings. The predicted octanol–water partition coefficient (Wildman–Crippen LogP) is 5.71. The van der Waals surface area contributed by atoms with Gasteiger partial charge >= 0.3 is 0 Å². The first-order chi connectivity index (χ1) is 15.0. The molecular formula is C20H13N5O4S2. The summed E-state index contributed by atoms with van der Waals surface area (Å²) in [5, 5.41) is 26.3. The largest absolute Gasteiger partial charge is 0.283 e. The number of para-hydroxylation sites is 1. The Hall–Kier alpha value is -3.83. The number of benzene rings is 3. The van der Waals surface area contributed by atoms with Crippen molar-refractivity contribution in [3.05, 3.63) is 92.5 Å². The summed E-state index contributed by atoms with van der Waals surface area (Å²) >= 11 is 2.73. The number of nitro groups is 2. The first-order valence-corrected chi connectivity index (χ1v) is 10.5. The third-order valence-electron chi connectivity index (χ3n) is 4.14. The summed E-state index contributed by atoms with van der Waals surface area (Å²) in [7, 11) is 0. The highest BCUT2D eigenvalue weighted by molar-refractivity contribution is 8.01. The molecule has 3 aromatic carbocycles. The van der Waals surface area contributed by atoms with Crippen LogP contribution in [0.4, 0.5) is 17.1 Å². The van der Waals surface area contributed by atoms with Gasteiger partial charge in [0.2, 0.25) is 0 Å². The van der Waals surface area contributed by atoms with Gasteiger partial charge in [-0.3, -0.25) is 25.7 Å². The Morgan fingerprint density at radius 2 is 1.77 bits per heavy atom. The molecule has 0 aliphatic carbocycles. The Morgan fingerprint density at radius 1 is 1.00 bits per heavy atom. The first-order valence-electron chi connectivity index (χ1n) is 8.85. The predicted molar refractivity (Wildman–Crippen MR) is 121 cm³/mol. The molecule has 0 unspecified atom stereocenters. The minimum absolute atomic E-state index is 0.0219. The van der Waals surface area contributed by atoms with Crippen molar-refractivity contribution in [1.29, 1.82) is 0 Å². The molecule has 1 N–H and O–H groups in total. The number of non-ortho nitro benzene ring substituents is 1. The maximum Gasteiger partial charge on any atom is 0.283 e. The van der Waals surface area contributed by atoms with E-state index in [2.05, 4.69) is 15.5 Å². The SMILES string of the molecule is O=[N+]([O-])c1ccc(N/N=C\c2ccc(Sc3nc4ccccc4s3)c([N+](=O)[O-])c2)cc1. The van der Waals surface area contributed by atoms with Crippen LogP contribution in [0.5, 0.6) is 0 Å². The molecule has 4 aromatic rings. The lowest BCUT2D eigenvalue weighted by Crippen LogP contribution is -1.95. The lowest BCUT2D eigenvalue weighted by molar-refractivity contribution is -0.387. The van der Waals surface area contributed by atoms with Gasteiger partial charge in [-0.15, -0.1) is 11.3 Å². The number of nitrogens with zero attached hydrogens (tertiary/aromatic N) is 4. The Balaban J connectivity index is 1.50. The minimum Gasteiger partial charge on any atom is -0.278 e. The zero-order valence-electron chi connectivity index (χ0n) is 15.7. The molecule has 0 amide bonds. The Bertz CT molecular complexity index is 1270. The third-order valence-corrected chi connectivity index (χ3v) is 6.30. The van der Waals surface area contributed by atoms with E-state index in [9.17, 15) is 20.2 Å².